The van der Waals surface area contributed by atoms with Crippen molar-refractivity contribution in [3.8, 4) is 0 Å². The Bertz CT molecular complexity index is 575. The number of carbonyl (C=O) groups is 2. The Labute approximate surface area is 151 Å². The summed E-state index contributed by atoms with van der Waals surface area (Å²) in [6.45, 7) is 0. The van der Waals surface area contributed by atoms with E-state index in [1.807, 2.05) is 0 Å². The van der Waals surface area contributed by atoms with Crippen molar-refractivity contribution in [1.82, 2.24) is 0 Å². The molecule has 154 valence electrons. The second-order valence-corrected chi connectivity index (χ2v) is 8.44. The predicted molar refractivity (Wildman–Crippen MR) is 75.8 cm³/mol. The number of ether oxygens (including phenoxy) is 1. The molecule has 4 rings (SSSR count). The zero-order valence-electron chi connectivity index (χ0n) is 14.3. The molecule has 4 saturated carbocycles. The number of esters is 1. The largest absolute Gasteiger partial charge is 0.550 e. The van der Waals surface area contributed by atoms with Crippen LogP contribution in [-0.2, 0) is 14.3 Å². The van der Waals surface area contributed by atoms with E-state index in [-0.39, 0.29) is 0 Å². The maximum absolute atomic E-state index is 13.2. The highest BCUT2D eigenvalue weighted by Gasteiger charge is 2.74. The number of rotatable bonds is 5. The lowest BCUT2D eigenvalue weighted by Gasteiger charge is -2.56. The third kappa shape index (κ3) is 3.63. The van der Waals surface area contributed by atoms with E-state index in [4.69, 9.17) is 0 Å². The molecule has 4 bridgehead atoms. The molecule has 27 heavy (non-hydrogen) atoms. The first-order valence-corrected chi connectivity index (χ1v) is 8.80. The van der Waals surface area contributed by atoms with Crippen molar-refractivity contribution in [3.63, 3.8) is 0 Å². The summed E-state index contributed by atoms with van der Waals surface area (Å²) in [6, 6.07) is 0. The smallest absolute Gasteiger partial charge is 0.437 e. The van der Waals surface area contributed by atoms with Crippen molar-refractivity contribution in [3.05, 3.63) is 0 Å². The number of alkyl halides is 6. The van der Waals surface area contributed by atoms with Gasteiger partial charge in [-0.3, -0.25) is 4.79 Å². The quantitative estimate of drug-likeness (QED) is 0.525. The summed E-state index contributed by atoms with van der Waals surface area (Å²) in [4.78, 5) is 22.8. The molecule has 0 N–H and O–H groups in total. The van der Waals surface area contributed by atoms with Gasteiger partial charge in [-0.2, -0.15) is 26.3 Å². The lowest BCUT2D eigenvalue weighted by atomic mass is 9.49. The van der Waals surface area contributed by atoms with Crippen molar-refractivity contribution in [2.45, 2.75) is 69.3 Å². The van der Waals surface area contributed by atoms with Crippen LogP contribution in [0, 0.1) is 23.2 Å². The van der Waals surface area contributed by atoms with Gasteiger partial charge in [-0.05, 0) is 61.7 Å². The van der Waals surface area contributed by atoms with Gasteiger partial charge in [0.1, 0.15) is 0 Å². The Hall–Kier alpha value is -1.48. The lowest BCUT2D eigenvalue weighted by molar-refractivity contribution is -0.381. The van der Waals surface area contributed by atoms with Crippen molar-refractivity contribution in [1.29, 1.82) is 0 Å². The van der Waals surface area contributed by atoms with E-state index in [0.717, 1.165) is 19.3 Å². The Morgan fingerprint density at radius 1 is 0.889 bits per heavy atom. The molecule has 0 aromatic rings. The average molecular weight is 401 g/mol. The van der Waals surface area contributed by atoms with Gasteiger partial charge in [0.05, 0.1) is 6.42 Å². The second kappa shape index (κ2) is 6.27. The number of hydrogen-bond acceptors (Lipinski definition) is 4. The Morgan fingerprint density at radius 2 is 1.30 bits per heavy atom. The maximum Gasteiger partial charge on any atom is 0.437 e. The van der Waals surface area contributed by atoms with Crippen LogP contribution in [0.25, 0.3) is 0 Å². The summed E-state index contributed by atoms with van der Waals surface area (Å²) in [6.07, 6.45) is -10.7. The summed E-state index contributed by atoms with van der Waals surface area (Å²) in [7, 11) is 0. The molecule has 0 amide bonds. The molecule has 4 aliphatic carbocycles. The van der Waals surface area contributed by atoms with Gasteiger partial charge in [-0.25, -0.2) is 0 Å². The van der Waals surface area contributed by atoms with Gasteiger partial charge >= 0.3 is 23.9 Å². The summed E-state index contributed by atoms with van der Waals surface area (Å²) >= 11 is 0. The van der Waals surface area contributed by atoms with E-state index >= 15 is 0 Å². The van der Waals surface area contributed by atoms with E-state index in [0.29, 0.717) is 37.0 Å². The van der Waals surface area contributed by atoms with Crippen molar-refractivity contribution in [2.24, 2.45) is 23.2 Å². The minimum absolute atomic E-state index is 0.335. The van der Waals surface area contributed by atoms with Crippen molar-refractivity contribution < 1.29 is 45.8 Å². The third-order valence-corrected chi connectivity index (χ3v) is 6.28. The first-order chi connectivity index (χ1) is 12.3. The number of aliphatic carboxylic acids is 1. The molecule has 0 aliphatic heterocycles. The molecule has 0 saturated heterocycles. The SMILES string of the molecule is O=C([O-])CC(OC(=O)CC12CC3CC(CC(C3)C1)C2)(C(F)(F)F)C(F)(F)F. The fourth-order valence-electron chi connectivity index (χ4n) is 5.76. The minimum atomic E-state index is -6.14. The van der Waals surface area contributed by atoms with Gasteiger partial charge in [0, 0.05) is 12.4 Å². The second-order valence-electron chi connectivity index (χ2n) is 8.44. The van der Waals surface area contributed by atoms with Crippen molar-refractivity contribution in [2.75, 3.05) is 0 Å². The highest BCUT2D eigenvalue weighted by atomic mass is 19.4. The number of hydrogen-bond donors (Lipinski definition) is 0. The molecule has 0 spiro atoms. The normalized spacial score (nSPS) is 33.2. The molecule has 4 aliphatic rings. The fourth-order valence-corrected chi connectivity index (χ4v) is 5.76. The zero-order valence-corrected chi connectivity index (χ0v) is 14.3. The van der Waals surface area contributed by atoms with Crippen molar-refractivity contribution >= 4 is 11.9 Å². The van der Waals surface area contributed by atoms with Crippen LogP contribution in [0.2, 0.25) is 0 Å². The van der Waals surface area contributed by atoms with E-state index in [1.165, 1.54) is 0 Å². The highest BCUT2D eigenvalue weighted by molar-refractivity contribution is 5.73. The summed E-state index contributed by atoms with van der Waals surface area (Å²) in [5.41, 5.74) is -5.74. The molecular weight excluding hydrogens is 382 g/mol. The van der Waals surface area contributed by atoms with Gasteiger partial charge < -0.3 is 14.6 Å². The summed E-state index contributed by atoms with van der Waals surface area (Å²) in [5.74, 6) is -3.26. The third-order valence-electron chi connectivity index (χ3n) is 6.28. The highest BCUT2D eigenvalue weighted by Crippen LogP contribution is 2.61. The van der Waals surface area contributed by atoms with Crippen LogP contribution < -0.4 is 5.11 Å². The number of carbonyl (C=O) groups excluding carboxylic acids is 2. The molecule has 4 fully saturated rings. The van der Waals surface area contributed by atoms with Gasteiger partial charge in [-0.1, -0.05) is 0 Å². The molecule has 0 aromatic carbocycles. The van der Waals surface area contributed by atoms with Gasteiger partial charge in [0.15, 0.2) is 0 Å². The fraction of sp³-hybridized carbons (Fsp3) is 0.882. The monoisotopic (exact) mass is 401 g/mol. The van der Waals surface area contributed by atoms with Crippen LogP contribution in [0.3, 0.4) is 0 Å². The van der Waals surface area contributed by atoms with E-state index in [9.17, 15) is 41.0 Å². The maximum atomic E-state index is 13.2. The van der Waals surface area contributed by atoms with Gasteiger partial charge in [0.25, 0.3) is 0 Å². The molecule has 0 atom stereocenters. The zero-order chi connectivity index (χ0) is 20.3. The molecule has 0 heterocycles. The van der Waals surface area contributed by atoms with Crippen LogP contribution >= 0.6 is 0 Å². The predicted octanol–water partition coefficient (Wildman–Crippen LogP) is 3.14. The number of carboxylic acids is 1. The Morgan fingerprint density at radius 3 is 1.63 bits per heavy atom. The van der Waals surface area contributed by atoms with Crippen LogP contribution in [0.15, 0.2) is 0 Å². The van der Waals surface area contributed by atoms with E-state index < -0.39 is 48.1 Å². The van der Waals surface area contributed by atoms with Gasteiger partial charge in [0.2, 0.25) is 0 Å². The van der Waals surface area contributed by atoms with Crippen LogP contribution in [0.4, 0.5) is 26.3 Å². The average Bonchev–Trinajstić information content (AvgIpc) is 2.40. The Balaban J connectivity index is 1.82. The Kier molecular flexibility index (Phi) is 4.70. The topological polar surface area (TPSA) is 66.4 Å². The number of halogens is 6. The molecular formula is C17H19F6O4-. The van der Waals surface area contributed by atoms with E-state index in [2.05, 4.69) is 4.74 Å². The lowest BCUT2D eigenvalue weighted by Crippen LogP contribution is -2.62. The summed E-state index contributed by atoms with van der Waals surface area (Å²) < 4.78 is 83.1. The van der Waals surface area contributed by atoms with Gasteiger partial charge in [-0.15, -0.1) is 0 Å². The molecule has 0 aromatic heterocycles. The van der Waals surface area contributed by atoms with Crippen LogP contribution in [0.1, 0.15) is 51.4 Å². The first-order valence-electron chi connectivity index (χ1n) is 8.80. The molecule has 10 heteroatoms. The molecule has 4 nitrogen and oxygen atoms in total. The van der Waals surface area contributed by atoms with Crippen LogP contribution in [-0.4, -0.2) is 29.9 Å². The van der Waals surface area contributed by atoms with Crippen LogP contribution in [0.5, 0.6) is 0 Å². The number of carboxylic acid groups (broad SMARTS) is 1. The molecule has 0 unspecified atom stereocenters. The van der Waals surface area contributed by atoms with E-state index in [1.54, 1.807) is 0 Å². The first kappa shape index (κ1) is 20.3. The minimum Gasteiger partial charge on any atom is -0.550 e. The standard InChI is InChI=1S/C17H20F6O4/c18-16(19,20)15(7-12(24)25,17(21,22)23)27-13(26)8-14-4-9-1-10(5-14)3-11(2-9)6-14/h9-11H,1-8H2,(H,24,25)/p-1. The molecule has 0 radical (unpaired) electrons. The summed E-state index contributed by atoms with van der Waals surface area (Å²) in [5, 5.41) is 10.6.